The Morgan fingerprint density at radius 3 is 1.32 bits per heavy atom. The maximum absolute atomic E-state index is 2.46. The maximum atomic E-state index is 2.46. The zero-order valence-electron chi connectivity index (χ0n) is 17.5. The minimum Gasteiger partial charge on any atom is -0.200 e. The van der Waals surface area contributed by atoms with Crippen LogP contribution in [0.15, 0.2) is 18.2 Å². The monoisotopic (exact) mass is 346 g/mol. The summed E-state index contributed by atoms with van der Waals surface area (Å²) in [5.74, 6) is 0. The van der Waals surface area contributed by atoms with Crippen molar-refractivity contribution in [2.45, 2.75) is 124 Å². The van der Waals surface area contributed by atoms with Gasteiger partial charge in [-0.3, -0.25) is 0 Å². The molecule has 0 aliphatic heterocycles. The van der Waals surface area contributed by atoms with Crippen LogP contribution in [-0.2, 0) is 6.54 Å². The molecule has 0 radical (unpaired) electrons. The summed E-state index contributed by atoms with van der Waals surface area (Å²) in [6.07, 6.45) is 21.6. The van der Waals surface area contributed by atoms with E-state index in [4.69, 9.17) is 0 Å². The van der Waals surface area contributed by atoms with E-state index in [-0.39, 0.29) is 0 Å². The van der Waals surface area contributed by atoms with Gasteiger partial charge in [0.1, 0.15) is 6.54 Å². The van der Waals surface area contributed by atoms with Gasteiger partial charge in [0.05, 0.1) is 0 Å². The highest BCUT2D eigenvalue weighted by Gasteiger charge is 2.08. The fourth-order valence-electron chi connectivity index (χ4n) is 3.78. The summed E-state index contributed by atoms with van der Waals surface area (Å²) in [5, 5.41) is 0. The molecule has 1 heterocycles. The fraction of sp³-hybridized carbons (Fsp3) is 0.792. The Morgan fingerprint density at radius 2 is 0.920 bits per heavy atom. The van der Waals surface area contributed by atoms with Crippen molar-refractivity contribution in [3.8, 4) is 0 Å². The topological polar surface area (TPSA) is 3.88 Å². The third kappa shape index (κ3) is 11.4. The highest BCUT2D eigenvalue weighted by molar-refractivity contribution is 5.00. The van der Waals surface area contributed by atoms with Crippen LogP contribution in [0.1, 0.15) is 115 Å². The van der Waals surface area contributed by atoms with Crippen molar-refractivity contribution in [1.29, 1.82) is 0 Å². The first-order chi connectivity index (χ1) is 12.3. The van der Waals surface area contributed by atoms with Crippen molar-refractivity contribution in [2.75, 3.05) is 0 Å². The molecule has 1 aromatic heterocycles. The minimum atomic E-state index is 1.19. The molecule has 0 fully saturated rings. The van der Waals surface area contributed by atoms with E-state index < -0.39 is 0 Å². The summed E-state index contributed by atoms with van der Waals surface area (Å²) in [4.78, 5) is 0. The molecule has 1 heteroatoms. The van der Waals surface area contributed by atoms with Gasteiger partial charge in [0, 0.05) is 32.4 Å². The largest absolute Gasteiger partial charge is 0.200 e. The van der Waals surface area contributed by atoms with Gasteiger partial charge < -0.3 is 0 Å². The second kappa shape index (κ2) is 15.4. The van der Waals surface area contributed by atoms with Gasteiger partial charge in [-0.25, -0.2) is 4.57 Å². The predicted molar refractivity (Wildman–Crippen MR) is 111 cm³/mol. The van der Waals surface area contributed by atoms with Gasteiger partial charge in [0.25, 0.3) is 0 Å². The van der Waals surface area contributed by atoms with Crippen LogP contribution in [0.2, 0.25) is 0 Å². The van der Waals surface area contributed by atoms with Crippen LogP contribution < -0.4 is 4.57 Å². The number of nitrogens with zero attached hydrogens (tertiary/aromatic N) is 1. The smallest absolute Gasteiger partial charge is 0.178 e. The van der Waals surface area contributed by atoms with E-state index in [1.807, 2.05) is 0 Å². The Bertz CT molecular complexity index is 404. The summed E-state index contributed by atoms with van der Waals surface area (Å²) in [6.45, 7) is 7.93. The van der Waals surface area contributed by atoms with E-state index in [1.54, 1.807) is 0 Å². The molecule has 0 saturated carbocycles. The number of hydrogen-bond acceptors (Lipinski definition) is 0. The molecule has 0 aliphatic rings. The first-order valence-corrected chi connectivity index (χ1v) is 11.2. The lowest BCUT2D eigenvalue weighted by molar-refractivity contribution is -0.709. The number of aromatic nitrogens is 1. The Labute approximate surface area is 158 Å². The quantitative estimate of drug-likeness (QED) is 0.216. The number of hydrogen-bond donors (Lipinski definition) is 0. The second-order valence-corrected chi connectivity index (χ2v) is 7.91. The van der Waals surface area contributed by atoms with Crippen LogP contribution in [-0.4, -0.2) is 0 Å². The number of rotatable bonds is 16. The van der Waals surface area contributed by atoms with E-state index in [1.165, 1.54) is 114 Å². The highest BCUT2D eigenvalue weighted by atomic mass is 15.0. The van der Waals surface area contributed by atoms with Crippen LogP contribution in [0.4, 0.5) is 0 Å². The molecule has 0 unspecified atom stereocenters. The molecule has 25 heavy (non-hydrogen) atoms. The third-order valence-corrected chi connectivity index (χ3v) is 5.51. The summed E-state index contributed by atoms with van der Waals surface area (Å²) in [6, 6.07) is 6.60. The van der Waals surface area contributed by atoms with Crippen molar-refractivity contribution in [1.82, 2.24) is 0 Å². The van der Waals surface area contributed by atoms with Crippen molar-refractivity contribution < 1.29 is 4.57 Å². The van der Waals surface area contributed by atoms with Gasteiger partial charge >= 0.3 is 0 Å². The molecule has 1 rings (SSSR count). The van der Waals surface area contributed by atoms with Gasteiger partial charge in [-0.1, -0.05) is 90.4 Å². The molecule has 0 aliphatic carbocycles. The molecule has 0 saturated heterocycles. The maximum Gasteiger partial charge on any atom is 0.178 e. The molecule has 0 amide bonds. The van der Waals surface area contributed by atoms with Crippen LogP contribution in [0.5, 0.6) is 0 Å². The first kappa shape index (κ1) is 22.2. The Balaban J connectivity index is 1.83. The van der Waals surface area contributed by atoms with Crippen LogP contribution in [0, 0.1) is 13.8 Å². The summed E-state index contributed by atoms with van der Waals surface area (Å²) >= 11 is 0. The zero-order chi connectivity index (χ0) is 18.2. The summed E-state index contributed by atoms with van der Waals surface area (Å²) in [7, 11) is 0. The van der Waals surface area contributed by atoms with Gasteiger partial charge in [0.15, 0.2) is 11.4 Å². The first-order valence-electron chi connectivity index (χ1n) is 11.2. The minimum absolute atomic E-state index is 1.19. The van der Waals surface area contributed by atoms with Crippen LogP contribution in [0.25, 0.3) is 0 Å². The van der Waals surface area contributed by atoms with E-state index in [0.717, 1.165) is 0 Å². The van der Waals surface area contributed by atoms with Crippen molar-refractivity contribution in [2.24, 2.45) is 0 Å². The molecule has 1 nitrogen and oxygen atoms in total. The Hall–Kier alpha value is -0.850. The lowest BCUT2D eigenvalue weighted by atomic mass is 10.0. The van der Waals surface area contributed by atoms with Gasteiger partial charge in [-0.2, -0.15) is 0 Å². The summed E-state index contributed by atoms with van der Waals surface area (Å²) in [5.41, 5.74) is 2.79. The zero-order valence-corrected chi connectivity index (χ0v) is 17.5. The number of aryl methyl sites for hydroxylation is 2. The molecule has 0 bridgehead atoms. The van der Waals surface area contributed by atoms with E-state index in [0.29, 0.717) is 0 Å². The van der Waals surface area contributed by atoms with E-state index in [2.05, 4.69) is 43.5 Å². The van der Waals surface area contributed by atoms with Gasteiger partial charge in [-0.05, 0) is 12.5 Å². The number of pyridine rings is 1. The molecular weight excluding hydrogens is 302 g/mol. The lowest BCUT2D eigenvalue weighted by Gasteiger charge is -2.05. The molecule has 0 spiro atoms. The SMILES string of the molecule is CCCCCCCCCCCCCCCCC[n+]1c(C)cccc1C. The van der Waals surface area contributed by atoms with E-state index in [9.17, 15) is 0 Å². The number of unbranched alkanes of at least 4 members (excludes halogenated alkanes) is 14. The molecule has 0 atom stereocenters. The average Bonchev–Trinajstić information content (AvgIpc) is 2.60. The third-order valence-electron chi connectivity index (χ3n) is 5.51. The van der Waals surface area contributed by atoms with Crippen molar-refractivity contribution in [3.63, 3.8) is 0 Å². The van der Waals surface area contributed by atoms with Crippen molar-refractivity contribution >= 4 is 0 Å². The Morgan fingerprint density at radius 1 is 0.560 bits per heavy atom. The van der Waals surface area contributed by atoms with Crippen LogP contribution in [0.3, 0.4) is 0 Å². The highest BCUT2D eigenvalue weighted by Crippen LogP contribution is 2.13. The van der Waals surface area contributed by atoms with E-state index >= 15 is 0 Å². The molecular formula is C24H44N+. The van der Waals surface area contributed by atoms with Crippen LogP contribution >= 0.6 is 0 Å². The van der Waals surface area contributed by atoms with Gasteiger partial charge in [-0.15, -0.1) is 0 Å². The molecule has 0 N–H and O–H groups in total. The average molecular weight is 347 g/mol. The lowest BCUT2D eigenvalue weighted by Crippen LogP contribution is -2.40. The van der Waals surface area contributed by atoms with Crippen molar-refractivity contribution in [3.05, 3.63) is 29.6 Å². The summed E-state index contributed by atoms with van der Waals surface area (Å²) < 4.78 is 2.46. The second-order valence-electron chi connectivity index (χ2n) is 7.91. The standard InChI is InChI=1S/C24H44N/c1-4-5-6-7-8-9-10-11-12-13-14-15-16-17-18-22-25-23(2)20-19-21-24(25)3/h19-21H,4-18,22H2,1-3H3/q+1. The normalized spacial score (nSPS) is 11.2. The Kier molecular flexibility index (Phi) is 13.7. The molecule has 1 aromatic rings. The molecule has 0 aromatic carbocycles. The van der Waals surface area contributed by atoms with Gasteiger partial charge in [0.2, 0.25) is 0 Å². The molecule has 144 valence electrons. The fourth-order valence-corrected chi connectivity index (χ4v) is 3.78. The predicted octanol–water partition coefficient (Wildman–Crippen LogP) is 7.46.